The van der Waals surface area contributed by atoms with Gasteiger partial charge < -0.3 is 37.8 Å². The second kappa shape index (κ2) is 12.7. The van der Waals surface area contributed by atoms with Gasteiger partial charge in [-0.1, -0.05) is 13.8 Å². The largest absolute Gasteiger partial charge is 0.480 e. The summed E-state index contributed by atoms with van der Waals surface area (Å²) in [4.78, 5) is 54.0. The lowest BCUT2D eigenvalue weighted by Gasteiger charge is -2.28. The van der Waals surface area contributed by atoms with Crippen LogP contribution in [0, 0.1) is 5.92 Å². The minimum atomic E-state index is -1.20. The van der Waals surface area contributed by atoms with E-state index in [0.29, 0.717) is 32.2 Å². The minimum Gasteiger partial charge on any atom is -0.480 e. The zero-order valence-electron chi connectivity index (χ0n) is 18.2. The van der Waals surface area contributed by atoms with E-state index in [2.05, 4.69) is 15.6 Å². The fraction of sp³-hybridized carbons (Fsp3) is 0.737. The lowest BCUT2D eigenvalue weighted by molar-refractivity contribution is -0.141. The summed E-state index contributed by atoms with van der Waals surface area (Å²) in [6, 6.07) is -2.40. The topological polar surface area (TPSA) is 206 Å². The molecule has 1 fully saturated rings. The number of carbonyl (C=O) groups excluding carboxylic acids is 3. The van der Waals surface area contributed by atoms with Gasteiger partial charge in [0.25, 0.3) is 0 Å². The van der Waals surface area contributed by atoms with Gasteiger partial charge >= 0.3 is 5.97 Å². The monoisotopic (exact) mass is 441 g/mol. The van der Waals surface area contributed by atoms with E-state index in [-0.39, 0.29) is 30.8 Å². The van der Waals surface area contributed by atoms with Gasteiger partial charge in [0.15, 0.2) is 5.96 Å². The Labute approximate surface area is 182 Å². The van der Waals surface area contributed by atoms with Crippen LogP contribution < -0.4 is 27.8 Å². The van der Waals surface area contributed by atoms with Crippen LogP contribution in [-0.2, 0) is 19.2 Å². The van der Waals surface area contributed by atoms with Gasteiger partial charge in [0.2, 0.25) is 17.7 Å². The van der Waals surface area contributed by atoms with Gasteiger partial charge in [0.1, 0.15) is 18.6 Å². The maximum atomic E-state index is 12.9. The van der Waals surface area contributed by atoms with E-state index in [4.69, 9.17) is 22.3 Å². The number of aliphatic imine (C=N–C) groups is 1. The van der Waals surface area contributed by atoms with Crippen molar-refractivity contribution in [3.63, 3.8) is 0 Å². The summed E-state index contributed by atoms with van der Waals surface area (Å²) in [6.07, 6.45) is 2.20. The van der Waals surface area contributed by atoms with Crippen LogP contribution >= 0.6 is 0 Å². The van der Waals surface area contributed by atoms with Gasteiger partial charge in [0.05, 0.1) is 6.04 Å². The highest BCUT2D eigenvalue weighted by Crippen LogP contribution is 2.20. The van der Waals surface area contributed by atoms with Crippen LogP contribution in [0.2, 0.25) is 0 Å². The Kier molecular flexibility index (Phi) is 10.7. The molecular weight excluding hydrogens is 406 g/mol. The number of guanidine groups is 1. The first kappa shape index (κ1) is 26.1. The minimum absolute atomic E-state index is 0.0891. The number of nitrogens with two attached hydrogens (primary N) is 3. The Balaban J connectivity index is 2.81. The Morgan fingerprint density at radius 2 is 1.90 bits per heavy atom. The molecule has 31 heavy (non-hydrogen) atoms. The summed E-state index contributed by atoms with van der Waals surface area (Å²) in [5.74, 6) is -2.44. The third-order valence-corrected chi connectivity index (χ3v) is 4.87. The number of amides is 3. The Bertz CT molecular complexity index is 679. The van der Waals surface area contributed by atoms with Crippen molar-refractivity contribution in [2.24, 2.45) is 28.1 Å². The maximum absolute atomic E-state index is 12.9. The van der Waals surface area contributed by atoms with E-state index in [1.54, 1.807) is 0 Å². The van der Waals surface area contributed by atoms with Crippen molar-refractivity contribution < 1.29 is 24.3 Å². The molecule has 9 N–H and O–H groups in total. The molecule has 176 valence electrons. The van der Waals surface area contributed by atoms with Crippen molar-refractivity contribution in [1.82, 2.24) is 15.5 Å². The predicted octanol–water partition coefficient (Wildman–Crippen LogP) is -1.91. The molecule has 12 nitrogen and oxygen atoms in total. The summed E-state index contributed by atoms with van der Waals surface area (Å²) in [7, 11) is 0. The van der Waals surface area contributed by atoms with E-state index in [1.807, 2.05) is 13.8 Å². The number of nitrogens with one attached hydrogen (secondary N) is 2. The standard InChI is InChI=1S/C19H35N7O5/c1-11(2)9-12(20)18(31)26-8-4-6-14(26)17(30)25-13(5-3-7-23-19(21)22)16(29)24-10-15(27)28/h11-14H,3-10,20H2,1-2H3,(H,24,29)(H,25,30)(H,27,28)(H4,21,22,23). The van der Waals surface area contributed by atoms with Crippen molar-refractivity contribution in [3.8, 4) is 0 Å². The third kappa shape index (κ3) is 9.20. The highest BCUT2D eigenvalue weighted by Gasteiger charge is 2.37. The molecule has 0 aromatic carbocycles. The number of aliphatic carboxylic acids is 1. The van der Waals surface area contributed by atoms with Crippen molar-refractivity contribution >= 4 is 29.7 Å². The molecule has 1 aliphatic heterocycles. The molecule has 3 amide bonds. The molecule has 0 spiro atoms. The van der Waals surface area contributed by atoms with Gasteiger partial charge in [-0.2, -0.15) is 0 Å². The third-order valence-electron chi connectivity index (χ3n) is 4.87. The maximum Gasteiger partial charge on any atom is 0.322 e. The molecule has 12 heteroatoms. The molecule has 1 aliphatic rings. The average molecular weight is 442 g/mol. The number of likely N-dealkylation sites (tertiary alicyclic amines) is 1. The Morgan fingerprint density at radius 1 is 1.23 bits per heavy atom. The van der Waals surface area contributed by atoms with Crippen molar-refractivity contribution in [3.05, 3.63) is 0 Å². The highest BCUT2D eigenvalue weighted by atomic mass is 16.4. The fourth-order valence-corrected chi connectivity index (χ4v) is 3.45. The molecule has 0 aromatic heterocycles. The number of nitrogens with zero attached hydrogens (tertiary/aromatic N) is 2. The van der Waals surface area contributed by atoms with Crippen LogP contribution in [-0.4, -0.2) is 77.4 Å². The lowest BCUT2D eigenvalue weighted by Crippen LogP contribution is -2.55. The van der Waals surface area contributed by atoms with Crippen LogP contribution in [0.15, 0.2) is 4.99 Å². The molecule has 1 rings (SSSR count). The summed E-state index contributed by atoms with van der Waals surface area (Å²) in [6.45, 7) is 4.02. The van der Waals surface area contributed by atoms with Crippen molar-refractivity contribution in [1.29, 1.82) is 0 Å². The van der Waals surface area contributed by atoms with Crippen molar-refractivity contribution in [2.75, 3.05) is 19.6 Å². The molecule has 0 bridgehead atoms. The van der Waals surface area contributed by atoms with Gasteiger partial charge in [-0.15, -0.1) is 0 Å². The predicted molar refractivity (Wildman–Crippen MR) is 115 cm³/mol. The van der Waals surface area contributed by atoms with Crippen LogP contribution in [0.1, 0.15) is 46.0 Å². The summed E-state index contributed by atoms with van der Waals surface area (Å²) >= 11 is 0. The Morgan fingerprint density at radius 3 is 2.48 bits per heavy atom. The van der Waals surface area contributed by atoms with E-state index in [9.17, 15) is 19.2 Å². The number of carbonyl (C=O) groups is 4. The highest BCUT2D eigenvalue weighted by molar-refractivity contribution is 5.94. The average Bonchev–Trinajstić information content (AvgIpc) is 3.16. The number of hydrogen-bond donors (Lipinski definition) is 6. The zero-order valence-corrected chi connectivity index (χ0v) is 18.2. The normalized spacial score (nSPS) is 17.7. The number of rotatable bonds is 12. The summed E-state index contributed by atoms with van der Waals surface area (Å²) in [5.41, 5.74) is 16.6. The number of carboxylic acid groups (broad SMARTS) is 1. The molecule has 0 saturated carbocycles. The van der Waals surface area contributed by atoms with Gasteiger partial charge in [-0.3, -0.25) is 24.2 Å². The molecule has 0 aromatic rings. The van der Waals surface area contributed by atoms with E-state index >= 15 is 0 Å². The number of carboxylic acids is 1. The van der Waals surface area contributed by atoms with Crippen LogP contribution in [0.5, 0.6) is 0 Å². The van der Waals surface area contributed by atoms with Gasteiger partial charge in [0, 0.05) is 13.1 Å². The van der Waals surface area contributed by atoms with Crippen LogP contribution in [0.4, 0.5) is 0 Å². The van der Waals surface area contributed by atoms with E-state index < -0.39 is 42.5 Å². The molecule has 1 heterocycles. The van der Waals surface area contributed by atoms with Crippen LogP contribution in [0.3, 0.4) is 0 Å². The second-order valence-electron chi connectivity index (χ2n) is 8.05. The summed E-state index contributed by atoms with van der Waals surface area (Å²) < 4.78 is 0. The number of hydrogen-bond acceptors (Lipinski definition) is 6. The zero-order chi connectivity index (χ0) is 23.6. The van der Waals surface area contributed by atoms with Crippen LogP contribution in [0.25, 0.3) is 0 Å². The first-order chi connectivity index (χ1) is 14.5. The molecule has 0 aliphatic carbocycles. The molecule has 1 saturated heterocycles. The lowest BCUT2D eigenvalue weighted by atomic mass is 10.0. The van der Waals surface area contributed by atoms with E-state index in [0.717, 1.165) is 0 Å². The molecular formula is C19H35N7O5. The molecule has 3 unspecified atom stereocenters. The van der Waals surface area contributed by atoms with E-state index in [1.165, 1.54) is 4.90 Å². The second-order valence-corrected chi connectivity index (χ2v) is 8.05. The first-order valence-corrected chi connectivity index (χ1v) is 10.4. The fourth-order valence-electron chi connectivity index (χ4n) is 3.45. The first-order valence-electron chi connectivity index (χ1n) is 10.4. The SMILES string of the molecule is CC(C)CC(N)C(=O)N1CCCC1C(=O)NC(CCCN=C(N)N)C(=O)NCC(=O)O. The Hall–Kier alpha value is -2.89. The van der Waals surface area contributed by atoms with Gasteiger partial charge in [-0.05, 0) is 38.0 Å². The quantitative estimate of drug-likeness (QED) is 0.114. The van der Waals surface area contributed by atoms with Gasteiger partial charge in [-0.25, -0.2) is 0 Å². The van der Waals surface area contributed by atoms with Crippen molar-refractivity contribution in [2.45, 2.75) is 64.1 Å². The molecule has 3 atom stereocenters. The molecule has 0 radical (unpaired) electrons. The summed E-state index contributed by atoms with van der Waals surface area (Å²) in [5, 5.41) is 13.7. The smallest absolute Gasteiger partial charge is 0.322 e.